The standard InChI is InChI=1S/C8H17N3/c1-4-10-8(7-9)5-6-11(2)3/h8,10H,4-6H2,1-3H3. The first-order valence-electron chi connectivity index (χ1n) is 3.98. The van der Waals surface area contributed by atoms with Gasteiger partial charge in [-0.1, -0.05) is 6.92 Å². The van der Waals surface area contributed by atoms with Crippen molar-refractivity contribution >= 4 is 0 Å². The van der Waals surface area contributed by atoms with E-state index in [1.165, 1.54) is 0 Å². The third kappa shape index (κ3) is 5.84. The Kier molecular flexibility index (Phi) is 5.81. The van der Waals surface area contributed by atoms with E-state index in [0.717, 1.165) is 19.5 Å². The minimum atomic E-state index is 0.0161. The van der Waals surface area contributed by atoms with E-state index in [1.807, 2.05) is 21.0 Å². The Labute approximate surface area is 69.0 Å². The smallest absolute Gasteiger partial charge is 0.0965 e. The Morgan fingerprint density at radius 2 is 2.18 bits per heavy atom. The van der Waals surface area contributed by atoms with E-state index in [2.05, 4.69) is 16.3 Å². The van der Waals surface area contributed by atoms with Gasteiger partial charge < -0.3 is 10.2 Å². The van der Waals surface area contributed by atoms with Crippen molar-refractivity contribution < 1.29 is 0 Å². The normalized spacial score (nSPS) is 13.0. The quantitative estimate of drug-likeness (QED) is 0.626. The molecule has 3 heteroatoms. The largest absolute Gasteiger partial charge is 0.309 e. The van der Waals surface area contributed by atoms with E-state index in [9.17, 15) is 0 Å². The van der Waals surface area contributed by atoms with E-state index in [0.29, 0.717) is 0 Å². The molecule has 11 heavy (non-hydrogen) atoms. The Bertz CT molecular complexity index is 126. The van der Waals surface area contributed by atoms with Gasteiger partial charge in [0.25, 0.3) is 0 Å². The molecule has 0 amide bonds. The molecule has 0 aliphatic carbocycles. The fourth-order valence-corrected chi connectivity index (χ4v) is 0.846. The van der Waals surface area contributed by atoms with Gasteiger partial charge in [0.15, 0.2) is 0 Å². The van der Waals surface area contributed by atoms with E-state index in [-0.39, 0.29) is 6.04 Å². The molecule has 64 valence electrons. The van der Waals surface area contributed by atoms with E-state index < -0.39 is 0 Å². The maximum atomic E-state index is 8.64. The summed E-state index contributed by atoms with van der Waals surface area (Å²) in [4.78, 5) is 2.08. The molecular formula is C8H17N3. The zero-order valence-corrected chi connectivity index (χ0v) is 7.59. The van der Waals surface area contributed by atoms with Gasteiger partial charge in [-0.15, -0.1) is 0 Å². The van der Waals surface area contributed by atoms with Crippen LogP contribution in [0, 0.1) is 11.3 Å². The van der Waals surface area contributed by atoms with Gasteiger partial charge in [-0.25, -0.2) is 0 Å². The van der Waals surface area contributed by atoms with Crippen molar-refractivity contribution in [3.8, 4) is 6.07 Å². The number of nitrogens with zero attached hydrogens (tertiary/aromatic N) is 2. The van der Waals surface area contributed by atoms with Gasteiger partial charge in [0.05, 0.1) is 12.1 Å². The average Bonchev–Trinajstić information content (AvgIpc) is 1.97. The number of hydrogen-bond acceptors (Lipinski definition) is 3. The molecule has 0 heterocycles. The molecule has 0 aromatic carbocycles. The van der Waals surface area contributed by atoms with Crippen molar-refractivity contribution in [1.29, 1.82) is 5.26 Å². The topological polar surface area (TPSA) is 39.1 Å². The van der Waals surface area contributed by atoms with Gasteiger partial charge in [0.1, 0.15) is 0 Å². The monoisotopic (exact) mass is 155 g/mol. The first-order chi connectivity index (χ1) is 5.20. The van der Waals surface area contributed by atoms with Crippen LogP contribution in [0.15, 0.2) is 0 Å². The Morgan fingerprint density at radius 1 is 1.55 bits per heavy atom. The van der Waals surface area contributed by atoms with Gasteiger partial charge in [-0.3, -0.25) is 0 Å². The summed E-state index contributed by atoms with van der Waals surface area (Å²) in [7, 11) is 4.03. The molecule has 1 N–H and O–H groups in total. The van der Waals surface area contributed by atoms with Crippen LogP contribution in [0.4, 0.5) is 0 Å². The molecule has 0 radical (unpaired) electrons. The molecule has 1 unspecified atom stereocenters. The lowest BCUT2D eigenvalue weighted by molar-refractivity contribution is 0.380. The van der Waals surface area contributed by atoms with Crippen molar-refractivity contribution in [3.05, 3.63) is 0 Å². The van der Waals surface area contributed by atoms with Crippen molar-refractivity contribution in [2.24, 2.45) is 0 Å². The summed E-state index contributed by atoms with van der Waals surface area (Å²) in [6, 6.07) is 2.24. The van der Waals surface area contributed by atoms with Crippen LogP contribution >= 0.6 is 0 Å². The summed E-state index contributed by atoms with van der Waals surface area (Å²) < 4.78 is 0. The summed E-state index contributed by atoms with van der Waals surface area (Å²) in [5.74, 6) is 0. The maximum Gasteiger partial charge on any atom is 0.0965 e. The molecule has 0 aliphatic rings. The molecule has 1 atom stereocenters. The molecule has 0 aromatic rings. The zero-order chi connectivity index (χ0) is 8.69. The van der Waals surface area contributed by atoms with E-state index in [4.69, 9.17) is 5.26 Å². The van der Waals surface area contributed by atoms with E-state index in [1.54, 1.807) is 0 Å². The van der Waals surface area contributed by atoms with Crippen LogP contribution in [0.25, 0.3) is 0 Å². The van der Waals surface area contributed by atoms with Crippen LogP contribution in [0.3, 0.4) is 0 Å². The van der Waals surface area contributed by atoms with Gasteiger partial charge in [-0.05, 0) is 27.1 Å². The highest BCUT2D eigenvalue weighted by atomic mass is 15.1. The number of nitriles is 1. The van der Waals surface area contributed by atoms with Gasteiger partial charge in [-0.2, -0.15) is 5.26 Å². The molecule has 0 saturated carbocycles. The minimum Gasteiger partial charge on any atom is -0.309 e. The number of hydrogen-bond donors (Lipinski definition) is 1. The molecule has 0 saturated heterocycles. The fourth-order valence-electron chi connectivity index (χ4n) is 0.846. The zero-order valence-electron chi connectivity index (χ0n) is 7.59. The first-order valence-corrected chi connectivity index (χ1v) is 3.98. The van der Waals surface area contributed by atoms with Crippen LogP contribution in [0.2, 0.25) is 0 Å². The third-order valence-corrected chi connectivity index (χ3v) is 1.47. The second-order valence-corrected chi connectivity index (χ2v) is 2.83. The summed E-state index contributed by atoms with van der Waals surface area (Å²) in [5.41, 5.74) is 0. The summed E-state index contributed by atoms with van der Waals surface area (Å²) in [6.07, 6.45) is 0.900. The average molecular weight is 155 g/mol. The SMILES string of the molecule is CCNC(C#N)CCN(C)C. The van der Waals surface area contributed by atoms with E-state index >= 15 is 0 Å². The summed E-state index contributed by atoms with van der Waals surface area (Å²) in [5, 5.41) is 11.7. The molecule has 0 spiro atoms. The third-order valence-electron chi connectivity index (χ3n) is 1.47. The van der Waals surface area contributed by atoms with Crippen LogP contribution in [0.5, 0.6) is 0 Å². The highest BCUT2D eigenvalue weighted by Gasteiger charge is 2.04. The van der Waals surface area contributed by atoms with Crippen molar-refractivity contribution in [2.75, 3.05) is 27.2 Å². The predicted octanol–water partition coefficient (Wildman–Crippen LogP) is 0.440. The van der Waals surface area contributed by atoms with Crippen LogP contribution in [-0.4, -0.2) is 38.1 Å². The van der Waals surface area contributed by atoms with Crippen LogP contribution in [-0.2, 0) is 0 Å². The molecule has 0 aliphatic heterocycles. The molecule has 0 rings (SSSR count). The lowest BCUT2D eigenvalue weighted by Crippen LogP contribution is -2.30. The van der Waals surface area contributed by atoms with Crippen LogP contribution in [0.1, 0.15) is 13.3 Å². The predicted molar refractivity (Wildman–Crippen MR) is 46.2 cm³/mol. The van der Waals surface area contributed by atoms with Crippen molar-refractivity contribution in [2.45, 2.75) is 19.4 Å². The first kappa shape index (κ1) is 10.4. The number of rotatable bonds is 5. The van der Waals surface area contributed by atoms with Gasteiger partial charge in [0.2, 0.25) is 0 Å². The Hall–Kier alpha value is -0.590. The Balaban J connectivity index is 3.46. The Morgan fingerprint density at radius 3 is 2.55 bits per heavy atom. The molecule has 3 nitrogen and oxygen atoms in total. The maximum absolute atomic E-state index is 8.64. The second-order valence-electron chi connectivity index (χ2n) is 2.83. The highest BCUT2D eigenvalue weighted by Crippen LogP contribution is 1.90. The molecular weight excluding hydrogens is 138 g/mol. The lowest BCUT2D eigenvalue weighted by Gasteiger charge is -2.13. The molecule has 0 bridgehead atoms. The molecule has 0 fully saturated rings. The second kappa shape index (κ2) is 6.14. The lowest BCUT2D eigenvalue weighted by atomic mass is 10.2. The van der Waals surface area contributed by atoms with Crippen molar-refractivity contribution in [1.82, 2.24) is 10.2 Å². The minimum absolute atomic E-state index is 0.0161. The van der Waals surface area contributed by atoms with Gasteiger partial charge >= 0.3 is 0 Å². The highest BCUT2D eigenvalue weighted by molar-refractivity contribution is 4.89. The summed E-state index contributed by atoms with van der Waals surface area (Å²) >= 11 is 0. The molecule has 0 aromatic heterocycles. The van der Waals surface area contributed by atoms with Crippen LogP contribution < -0.4 is 5.32 Å². The fraction of sp³-hybridized carbons (Fsp3) is 0.875. The number of nitrogens with one attached hydrogen (secondary N) is 1. The van der Waals surface area contributed by atoms with Crippen molar-refractivity contribution in [3.63, 3.8) is 0 Å². The van der Waals surface area contributed by atoms with Gasteiger partial charge in [0, 0.05) is 6.54 Å². The summed E-state index contributed by atoms with van der Waals surface area (Å²) in [6.45, 7) is 3.84.